The molecule has 0 saturated carbocycles. The van der Waals surface area contributed by atoms with Crippen LogP contribution in [0.3, 0.4) is 0 Å². The molecule has 0 N–H and O–H groups in total. The van der Waals surface area contributed by atoms with Gasteiger partial charge in [0.05, 0.1) is 12.9 Å². The van der Waals surface area contributed by atoms with E-state index in [1.165, 1.54) is 0 Å². The molecule has 0 bridgehead atoms. The summed E-state index contributed by atoms with van der Waals surface area (Å²) in [6, 6.07) is 0. The zero-order valence-electron chi connectivity index (χ0n) is 4.29. The molecule has 0 aliphatic carbocycles. The van der Waals surface area contributed by atoms with Crippen LogP contribution in [-0.2, 0) is 0 Å². The molecule has 0 fully saturated rings. The molecule has 7 heavy (non-hydrogen) atoms. The van der Waals surface area contributed by atoms with Crippen LogP contribution in [-0.4, -0.2) is 30.0 Å². The van der Waals surface area contributed by atoms with E-state index in [1.807, 2.05) is 17.7 Å². The normalized spacial score (nSPS) is 20.4. The molecule has 1 heterocycles. The first-order valence-corrected chi connectivity index (χ1v) is 3.19. The smallest absolute Gasteiger partial charge is 0.0946 e. The Morgan fingerprint density at radius 3 is 3.00 bits per heavy atom. The van der Waals surface area contributed by atoms with Crippen molar-refractivity contribution in [1.29, 1.82) is 0 Å². The summed E-state index contributed by atoms with van der Waals surface area (Å²) >= 11 is 1.80. The highest BCUT2D eigenvalue weighted by Gasteiger charge is 1.95. The monoisotopic (exact) mass is 116 g/mol. The minimum atomic E-state index is 0.981. The molecule has 0 radical (unpaired) electrons. The maximum absolute atomic E-state index is 4.04. The highest BCUT2D eigenvalue weighted by Crippen LogP contribution is 2.06. The van der Waals surface area contributed by atoms with Gasteiger partial charge in [-0.05, 0) is 11.9 Å². The average Bonchev–Trinajstić information content (AvgIpc) is 1.69. The molecule has 0 unspecified atom stereocenters. The fourth-order valence-corrected chi connectivity index (χ4v) is 1.05. The molecule has 0 amide bonds. The van der Waals surface area contributed by atoms with Crippen molar-refractivity contribution in [3.8, 4) is 0 Å². The standard InChI is InChI=1S/C4H8N2S/c1-6-4-5-2-3-7-6/h4H,2-3H2,1H3. The maximum Gasteiger partial charge on any atom is 0.0946 e. The van der Waals surface area contributed by atoms with Crippen LogP contribution < -0.4 is 0 Å². The lowest BCUT2D eigenvalue weighted by atomic mass is 10.8. The van der Waals surface area contributed by atoms with E-state index in [2.05, 4.69) is 4.99 Å². The van der Waals surface area contributed by atoms with Gasteiger partial charge in [-0.25, -0.2) is 0 Å². The molecule has 0 saturated heterocycles. The summed E-state index contributed by atoms with van der Waals surface area (Å²) in [7, 11) is 2.01. The Hall–Kier alpha value is -0.180. The van der Waals surface area contributed by atoms with Crippen LogP contribution in [0.25, 0.3) is 0 Å². The van der Waals surface area contributed by atoms with E-state index in [0.717, 1.165) is 12.3 Å². The van der Waals surface area contributed by atoms with Crippen molar-refractivity contribution in [1.82, 2.24) is 4.31 Å². The number of hydrogen-bond donors (Lipinski definition) is 0. The number of rotatable bonds is 0. The fraction of sp³-hybridized carbons (Fsp3) is 0.750. The lowest BCUT2D eigenvalue weighted by Crippen LogP contribution is -2.12. The molecule has 40 valence electrons. The van der Waals surface area contributed by atoms with Crippen LogP contribution in [0.15, 0.2) is 4.99 Å². The molecule has 0 spiro atoms. The fourth-order valence-electron chi connectivity index (χ4n) is 0.444. The molecule has 0 atom stereocenters. The van der Waals surface area contributed by atoms with Crippen LogP contribution in [0.5, 0.6) is 0 Å². The van der Waals surface area contributed by atoms with E-state index in [9.17, 15) is 0 Å². The zero-order chi connectivity index (χ0) is 5.11. The van der Waals surface area contributed by atoms with Crippen LogP contribution in [0.1, 0.15) is 0 Å². The minimum Gasteiger partial charge on any atom is -0.310 e. The molecule has 1 aliphatic heterocycles. The van der Waals surface area contributed by atoms with Crippen molar-refractivity contribution < 1.29 is 0 Å². The summed E-state index contributed by atoms with van der Waals surface area (Å²) in [4.78, 5) is 4.04. The molecule has 1 rings (SSSR count). The lowest BCUT2D eigenvalue weighted by Gasteiger charge is -2.13. The summed E-state index contributed by atoms with van der Waals surface area (Å²) < 4.78 is 2.02. The first kappa shape index (κ1) is 4.97. The van der Waals surface area contributed by atoms with Gasteiger partial charge in [0.15, 0.2) is 0 Å². The van der Waals surface area contributed by atoms with Crippen LogP contribution in [0.2, 0.25) is 0 Å². The van der Waals surface area contributed by atoms with Crippen molar-refractivity contribution in [2.24, 2.45) is 4.99 Å². The topological polar surface area (TPSA) is 15.6 Å². The molecule has 0 aromatic heterocycles. The molecule has 2 nitrogen and oxygen atoms in total. The number of aliphatic imine (C=N–C) groups is 1. The zero-order valence-corrected chi connectivity index (χ0v) is 5.11. The second kappa shape index (κ2) is 2.21. The van der Waals surface area contributed by atoms with Gasteiger partial charge in [-0.1, -0.05) is 0 Å². The van der Waals surface area contributed by atoms with E-state index >= 15 is 0 Å². The first-order chi connectivity index (χ1) is 3.39. The van der Waals surface area contributed by atoms with Gasteiger partial charge in [0.1, 0.15) is 0 Å². The Balaban J connectivity index is 2.36. The quantitative estimate of drug-likeness (QED) is 0.431. The van der Waals surface area contributed by atoms with Crippen molar-refractivity contribution in [2.45, 2.75) is 0 Å². The molecule has 3 heteroatoms. The maximum atomic E-state index is 4.04. The van der Waals surface area contributed by atoms with Gasteiger partial charge in [0, 0.05) is 12.8 Å². The number of nitrogens with zero attached hydrogens (tertiary/aromatic N) is 2. The Kier molecular flexibility index (Phi) is 1.57. The minimum absolute atomic E-state index is 0.981. The van der Waals surface area contributed by atoms with Gasteiger partial charge in [0.2, 0.25) is 0 Å². The third-order valence-electron chi connectivity index (χ3n) is 0.760. The van der Waals surface area contributed by atoms with Gasteiger partial charge in [-0.15, -0.1) is 0 Å². The summed E-state index contributed by atoms with van der Waals surface area (Å²) in [6.07, 6.45) is 1.86. The van der Waals surface area contributed by atoms with Crippen LogP contribution in [0.4, 0.5) is 0 Å². The van der Waals surface area contributed by atoms with Crippen LogP contribution in [0, 0.1) is 0 Å². The Morgan fingerprint density at radius 2 is 2.71 bits per heavy atom. The van der Waals surface area contributed by atoms with E-state index < -0.39 is 0 Å². The predicted molar refractivity (Wildman–Crippen MR) is 33.6 cm³/mol. The highest BCUT2D eigenvalue weighted by atomic mass is 32.2. The van der Waals surface area contributed by atoms with Gasteiger partial charge in [-0.3, -0.25) is 4.99 Å². The largest absolute Gasteiger partial charge is 0.310 e. The summed E-state index contributed by atoms with van der Waals surface area (Å²) in [6.45, 7) is 0.981. The average molecular weight is 116 g/mol. The third-order valence-corrected chi connectivity index (χ3v) is 1.63. The van der Waals surface area contributed by atoms with Crippen molar-refractivity contribution in [3.63, 3.8) is 0 Å². The lowest BCUT2D eigenvalue weighted by molar-refractivity contribution is 0.838. The SMILES string of the molecule is CN1C=NCCS1. The molecule has 0 aromatic carbocycles. The first-order valence-electron chi connectivity index (χ1n) is 2.25. The van der Waals surface area contributed by atoms with E-state index in [-0.39, 0.29) is 0 Å². The third kappa shape index (κ3) is 1.39. The van der Waals surface area contributed by atoms with Crippen LogP contribution >= 0.6 is 11.9 Å². The molecule has 1 aliphatic rings. The molecular weight excluding hydrogens is 108 g/mol. The van der Waals surface area contributed by atoms with Gasteiger partial charge >= 0.3 is 0 Å². The van der Waals surface area contributed by atoms with Crippen molar-refractivity contribution in [2.75, 3.05) is 19.3 Å². The summed E-state index contributed by atoms with van der Waals surface area (Å²) in [5, 5.41) is 0. The Labute approximate surface area is 47.7 Å². The Morgan fingerprint density at radius 1 is 1.86 bits per heavy atom. The predicted octanol–water partition coefficient (Wildman–Crippen LogP) is 0.608. The number of hydrogen-bond acceptors (Lipinski definition) is 3. The van der Waals surface area contributed by atoms with Gasteiger partial charge < -0.3 is 4.31 Å². The van der Waals surface area contributed by atoms with E-state index in [0.29, 0.717) is 0 Å². The Bertz CT molecular complexity index is 81.8. The second-order valence-corrected chi connectivity index (χ2v) is 2.64. The van der Waals surface area contributed by atoms with Gasteiger partial charge in [-0.2, -0.15) is 0 Å². The van der Waals surface area contributed by atoms with Gasteiger partial charge in [0.25, 0.3) is 0 Å². The van der Waals surface area contributed by atoms with Crippen molar-refractivity contribution in [3.05, 3.63) is 0 Å². The molecular formula is C4H8N2S. The summed E-state index contributed by atoms with van der Waals surface area (Å²) in [5.74, 6) is 1.13. The summed E-state index contributed by atoms with van der Waals surface area (Å²) in [5.41, 5.74) is 0. The van der Waals surface area contributed by atoms with E-state index in [1.54, 1.807) is 11.9 Å². The van der Waals surface area contributed by atoms with Crippen molar-refractivity contribution >= 4 is 18.3 Å². The highest BCUT2D eigenvalue weighted by molar-refractivity contribution is 7.97. The van der Waals surface area contributed by atoms with E-state index in [4.69, 9.17) is 0 Å². The second-order valence-electron chi connectivity index (χ2n) is 1.40. The molecule has 0 aromatic rings.